The molecule has 2 N–H and O–H groups in total. The van der Waals surface area contributed by atoms with Crippen LogP contribution in [0.3, 0.4) is 0 Å². The molecule has 3 heterocycles. The number of nitrogens with zero attached hydrogens (tertiary/aromatic N) is 4. The van der Waals surface area contributed by atoms with Crippen LogP contribution in [0.1, 0.15) is 27.7 Å². The third-order valence-electron chi connectivity index (χ3n) is 4.61. The summed E-state index contributed by atoms with van der Waals surface area (Å²) >= 11 is 0. The first-order chi connectivity index (χ1) is 11.9. The van der Waals surface area contributed by atoms with E-state index in [9.17, 15) is 14.7 Å². The lowest BCUT2D eigenvalue weighted by Gasteiger charge is -2.33. The summed E-state index contributed by atoms with van der Waals surface area (Å²) in [7, 11) is 0. The van der Waals surface area contributed by atoms with Crippen LogP contribution in [0.5, 0.6) is 0 Å². The number of rotatable bonds is 2. The molecule has 25 heavy (non-hydrogen) atoms. The lowest BCUT2D eigenvalue weighted by molar-refractivity contribution is -0.143. The minimum atomic E-state index is -1.04. The second kappa shape index (κ2) is 5.44. The first-order valence-corrected chi connectivity index (χ1v) is 7.96. The van der Waals surface area contributed by atoms with Crippen molar-refractivity contribution in [2.75, 3.05) is 0 Å². The Labute approximate surface area is 143 Å². The largest absolute Gasteiger partial charge is 0.480 e. The van der Waals surface area contributed by atoms with E-state index >= 15 is 0 Å². The molecule has 8 nitrogen and oxygen atoms in total. The first kappa shape index (κ1) is 15.4. The van der Waals surface area contributed by atoms with Gasteiger partial charge < -0.3 is 19.6 Å². The summed E-state index contributed by atoms with van der Waals surface area (Å²) in [6.07, 6.45) is 0. The van der Waals surface area contributed by atoms with E-state index in [0.717, 1.165) is 16.5 Å². The van der Waals surface area contributed by atoms with E-state index in [-0.39, 0.29) is 19.0 Å². The average molecular weight is 339 g/mol. The van der Waals surface area contributed by atoms with Gasteiger partial charge in [-0.2, -0.15) is 0 Å². The number of aryl methyl sites for hydroxylation is 2. The van der Waals surface area contributed by atoms with E-state index in [2.05, 4.69) is 15.2 Å². The van der Waals surface area contributed by atoms with Gasteiger partial charge in [0.25, 0.3) is 5.91 Å². The molecule has 0 spiro atoms. The smallest absolute Gasteiger partial charge is 0.328 e. The van der Waals surface area contributed by atoms with Gasteiger partial charge in [0.05, 0.1) is 13.1 Å². The summed E-state index contributed by atoms with van der Waals surface area (Å²) in [6, 6.07) is 6.65. The Morgan fingerprint density at radius 3 is 2.80 bits per heavy atom. The molecule has 1 atom stereocenters. The number of H-pyrrole nitrogens is 1. The van der Waals surface area contributed by atoms with E-state index in [4.69, 9.17) is 0 Å². The highest BCUT2D eigenvalue weighted by atomic mass is 16.4. The maximum atomic E-state index is 13.0. The molecule has 0 radical (unpaired) electrons. The zero-order valence-corrected chi connectivity index (χ0v) is 13.9. The number of hydrogen-bond donors (Lipinski definition) is 2. The highest BCUT2D eigenvalue weighted by Crippen LogP contribution is 2.23. The summed E-state index contributed by atoms with van der Waals surface area (Å²) in [5.41, 5.74) is 2.31. The molecule has 1 unspecified atom stereocenters. The van der Waals surface area contributed by atoms with Crippen LogP contribution in [0, 0.1) is 13.8 Å². The Kier molecular flexibility index (Phi) is 3.34. The van der Waals surface area contributed by atoms with Gasteiger partial charge in [0, 0.05) is 10.9 Å². The quantitative estimate of drug-likeness (QED) is 0.736. The molecule has 3 aromatic rings. The van der Waals surface area contributed by atoms with Crippen LogP contribution in [0.4, 0.5) is 0 Å². The minimum absolute atomic E-state index is 0.116. The van der Waals surface area contributed by atoms with Crippen LogP contribution in [0.15, 0.2) is 24.3 Å². The number of carboxylic acids is 1. The summed E-state index contributed by atoms with van der Waals surface area (Å²) < 4.78 is 1.75. The van der Waals surface area contributed by atoms with E-state index in [1.807, 2.05) is 25.1 Å². The molecule has 1 aliphatic rings. The van der Waals surface area contributed by atoms with Crippen molar-refractivity contribution in [1.29, 1.82) is 0 Å². The summed E-state index contributed by atoms with van der Waals surface area (Å²) in [5, 5.41) is 18.5. The van der Waals surface area contributed by atoms with Crippen molar-refractivity contribution in [3.8, 4) is 0 Å². The van der Waals surface area contributed by atoms with Gasteiger partial charge in [-0.05, 0) is 31.5 Å². The van der Waals surface area contributed by atoms with Gasteiger partial charge in [-0.15, -0.1) is 10.2 Å². The number of benzene rings is 1. The van der Waals surface area contributed by atoms with E-state index in [0.29, 0.717) is 17.3 Å². The molecular weight excluding hydrogens is 322 g/mol. The van der Waals surface area contributed by atoms with E-state index in [1.165, 1.54) is 4.90 Å². The zero-order valence-electron chi connectivity index (χ0n) is 13.9. The van der Waals surface area contributed by atoms with Crippen LogP contribution in [0.2, 0.25) is 0 Å². The minimum Gasteiger partial charge on any atom is -0.480 e. The molecule has 4 rings (SSSR count). The first-order valence-electron chi connectivity index (χ1n) is 7.96. The normalized spacial score (nSPS) is 16.9. The molecule has 0 aliphatic carbocycles. The van der Waals surface area contributed by atoms with Crippen molar-refractivity contribution in [3.63, 3.8) is 0 Å². The average Bonchev–Trinajstić information content (AvgIpc) is 3.16. The standard InChI is InChI=1S/C17H17N5O3/c1-9-3-4-11-6-13(18-12(11)5-9)16(23)22-8-15-20-19-10(2)21(15)7-14(22)17(24)25/h3-6,14,18H,7-8H2,1-2H3,(H,24,25). The van der Waals surface area contributed by atoms with Gasteiger partial charge in [0.15, 0.2) is 5.82 Å². The Hall–Kier alpha value is -3.16. The Balaban J connectivity index is 1.72. The number of aliphatic carboxylic acids is 1. The number of carbonyl (C=O) groups is 2. The third-order valence-corrected chi connectivity index (χ3v) is 4.61. The molecule has 1 aliphatic heterocycles. The Morgan fingerprint density at radius 2 is 2.04 bits per heavy atom. The lowest BCUT2D eigenvalue weighted by atomic mass is 10.1. The summed E-state index contributed by atoms with van der Waals surface area (Å²) in [4.78, 5) is 29.1. The number of nitrogens with one attached hydrogen (secondary N) is 1. The Morgan fingerprint density at radius 1 is 1.24 bits per heavy atom. The maximum absolute atomic E-state index is 13.0. The summed E-state index contributed by atoms with van der Waals surface area (Å²) in [6.45, 7) is 4.01. The predicted octanol–water partition coefficient (Wildman–Crippen LogP) is 1.49. The van der Waals surface area contributed by atoms with Crippen molar-refractivity contribution < 1.29 is 14.7 Å². The predicted molar refractivity (Wildman–Crippen MR) is 89.1 cm³/mol. The van der Waals surface area contributed by atoms with Crippen LogP contribution >= 0.6 is 0 Å². The number of amides is 1. The maximum Gasteiger partial charge on any atom is 0.328 e. The zero-order chi connectivity index (χ0) is 17.7. The van der Waals surface area contributed by atoms with Gasteiger partial charge in [0.2, 0.25) is 0 Å². The number of aromatic nitrogens is 4. The van der Waals surface area contributed by atoms with Crippen LogP contribution in [0.25, 0.3) is 10.9 Å². The summed E-state index contributed by atoms with van der Waals surface area (Å²) in [5.74, 6) is -0.156. The topological polar surface area (TPSA) is 104 Å². The highest BCUT2D eigenvalue weighted by molar-refractivity contribution is 5.99. The van der Waals surface area contributed by atoms with Crippen molar-refractivity contribution in [1.82, 2.24) is 24.6 Å². The third kappa shape index (κ3) is 2.46. The molecule has 0 bridgehead atoms. The molecule has 0 fully saturated rings. The molecule has 1 amide bonds. The number of aromatic amines is 1. The monoisotopic (exact) mass is 339 g/mol. The molecule has 0 saturated heterocycles. The van der Waals surface area contributed by atoms with Crippen molar-refractivity contribution >= 4 is 22.8 Å². The second-order valence-electron chi connectivity index (χ2n) is 6.33. The fourth-order valence-corrected chi connectivity index (χ4v) is 3.25. The fraction of sp³-hybridized carbons (Fsp3) is 0.294. The molecule has 1 aromatic carbocycles. The van der Waals surface area contributed by atoms with Crippen molar-refractivity contribution in [2.24, 2.45) is 0 Å². The number of fused-ring (bicyclic) bond motifs is 2. The van der Waals surface area contributed by atoms with Gasteiger partial charge in [0.1, 0.15) is 17.6 Å². The van der Waals surface area contributed by atoms with Crippen molar-refractivity contribution in [2.45, 2.75) is 33.0 Å². The van der Waals surface area contributed by atoms with Crippen molar-refractivity contribution in [3.05, 3.63) is 47.2 Å². The molecule has 128 valence electrons. The lowest BCUT2D eigenvalue weighted by Crippen LogP contribution is -2.50. The van der Waals surface area contributed by atoms with Crippen LogP contribution in [-0.2, 0) is 17.9 Å². The molecule has 2 aromatic heterocycles. The SMILES string of the molecule is Cc1ccc2cc(C(=O)N3Cc4nnc(C)n4CC3C(=O)O)[nH]c2c1. The number of carboxylic acid groups (broad SMARTS) is 1. The Bertz CT molecular complexity index is 1000. The number of hydrogen-bond acceptors (Lipinski definition) is 4. The van der Waals surface area contributed by atoms with Gasteiger partial charge in [-0.1, -0.05) is 12.1 Å². The molecule has 8 heteroatoms. The fourth-order valence-electron chi connectivity index (χ4n) is 3.25. The second-order valence-corrected chi connectivity index (χ2v) is 6.33. The van der Waals surface area contributed by atoms with Crippen LogP contribution < -0.4 is 0 Å². The van der Waals surface area contributed by atoms with E-state index < -0.39 is 12.0 Å². The van der Waals surface area contributed by atoms with Crippen LogP contribution in [-0.4, -0.2) is 47.7 Å². The molecular formula is C17H17N5O3. The number of carbonyl (C=O) groups excluding carboxylic acids is 1. The van der Waals surface area contributed by atoms with E-state index in [1.54, 1.807) is 17.6 Å². The van der Waals surface area contributed by atoms with Gasteiger partial charge >= 0.3 is 5.97 Å². The van der Waals surface area contributed by atoms with Gasteiger partial charge in [-0.25, -0.2) is 4.79 Å². The highest BCUT2D eigenvalue weighted by Gasteiger charge is 2.37. The van der Waals surface area contributed by atoms with Gasteiger partial charge in [-0.3, -0.25) is 4.79 Å². The molecule has 0 saturated carbocycles.